The zero-order valence-corrected chi connectivity index (χ0v) is 13.0. The average molecular weight is 297 g/mol. The van der Waals surface area contributed by atoms with Crippen LogP contribution in [-0.2, 0) is 12.8 Å². The molecular weight excluding hydrogens is 274 g/mol. The smallest absolute Gasteiger partial charge is 0.119 e. The molecule has 3 heteroatoms. The maximum absolute atomic E-state index is 10.2. The molecule has 0 saturated heterocycles. The van der Waals surface area contributed by atoms with Crippen LogP contribution in [0.2, 0.25) is 0 Å². The number of β-amino-alcohol motifs (C(OH)–C–C–N with tert-alkyl or cyclic N) is 1. The molecule has 0 saturated carbocycles. The summed E-state index contributed by atoms with van der Waals surface area (Å²) in [6.45, 7) is 4.04. The fourth-order valence-electron chi connectivity index (χ4n) is 2.92. The molecule has 0 amide bonds. The number of anilines is 1. The second-order valence-corrected chi connectivity index (χ2v) is 5.79. The highest BCUT2D eigenvalue weighted by molar-refractivity contribution is 5.57. The minimum Gasteiger partial charge on any atom is -0.491 e. The quantitative estimate of drug-likeness (QED) is 0.889. The van der Waals surface area contributed by atoms with Crippen molar-refractivity contribution in [1.82, 2.24) is 0 Å². The maximum Gasteiger partial charge on any atom is 0.119 e. The molecule has 1 unspecified atom stereocenters. The number of aryl methyl sites for hydroxylation is 1. The van der Waals surface area contributed by atoms with Gasteiger partial charge in [0.25, 0.3) is 0 Å². The van der Waals surface area contributed by atoms with Gasteiger partial charge in [0.2, 0.25) is 0 Å². The Balaban J connectivity index is 1.51. The van der Waals surface area contributed by atoms with E-state index in [-0.39, 0.29) is 0 Å². The topological polar surface area (TPSA) is 32.7 Å². The van der Waals surface area contributed by atoms with Crippen LogP contribution in [0.3, 0.4) is 0 Å². The number of benzene rings is 2. The van der Waals surface area contributed by atoms with E-state index in [1.54, 1.807) is 0 Å². The van der Waals surface area contributed by atoms with E-state index in [1.807, 2.05) is 12.1 Å². The minimum atomic E-state index is -0.489. The summed E-state index contributed by atoms with van der Waals surface area (Å²) in [5, 5.41) is 10.2. The Bertz CT molecular complexity index is 609. The number of aliphatic hydroxyl groups is 1. The monoisotopic (exact) mass is 297 g/mol. The van der Waals surface area contributed by atoms with Gasteiger partial charge < -0.3 is 14.7 Å². The molecule has 1 aliphatic heterocycles. The van der Waals surface area contributed by atoms with Crippen LogP contribution in [0.1, 0.15) is 18.1 Å². The third-order valence-corrected chi connectivity index (χ3v) is 4.19. The van der Waals surface area contributed by atoms with Crippen LogP contribution in [0.4, 0.5) is 5.69 Å². The lowest BCUT2D eigenvalue weighted by atomic mass is 10.2. The molecule has 2 aromatic rings. The predicted molar refractivity (Wildman–Crippen MR) is 89.7 cm³/mol. The molecule has 1 atom stereocenters. The summed E-state index contributed by atoms with van der Waals surface area (Å²) in [6, 6.07) is 16.5. The Morgan fingerprint density at radius 2 is 1.91 bits per heavy atom. The van der Waals surface area contributed by atoms with Crippen LogP contribution in [0.5, 0.6) is 5.75 Å². The van der Waals surface area contributed by atoms with Gasteiger partial charge in [0.05, 0.1) is 0 Å². The van der Waals surface area contributed by atoms with Gasteiger partial charge in [0.15, 0.2) is 0 Å². The van der Waals surface area contributed by atoms with Crippen molar-refractivity contribution >= 4 is 5.69 Å². The molecule has 1 N–H and O–H groups in total. The van der Waals surface area contributed by atoms with E-state index in [1.165, 1.54) is 16.8 Å². The van der Waals surface area contributed by atoms with E-state index >= 15 is 0 Å². The van der Waals surface area contributed by atoms with Gasteiger partial charge in [-0.15, -0.1) is 0 Å². The number of nitrogens with zero attached hydrogens (tertiary/aromatic N) is 1. The molecule has 22 heavy (non-hydrogen) atoms. The highest BCUT2D eigenvalue weighted by atomic mass is 16.5. The lowest BCUT2D eigenvalue weighted by Crippen LogP contribution is -2.34. The second kappa shape index (κ2) is 6.84. The molecule has 0 aromatic heterocycles. The predicted octanol–water partition coefficient (Wildman–Crippen LogP) is 3.05. The van der Waals surface area contributed by atoms with Gasteiger partial charge in [-0.3, -0.25) is 0 Å². The molecule has 3 nitrogen and oxygen atoms in total. The van der Waals surface area contributed by atoms with E-state index in [2.05, 4.69) is 48.2 Å². The van der Waals surface area contributed by atoms with E-state index in [9.17, 15) is 5.11 Å². The summed E-state index contributed by atoms with van der Waals surface area (Å²) in [7, 11) is 0. The maximum atomic E-state index is 10.2. The number of fused-ring (bicyclic) bond motifs is 1. The zero-order valence-electron chi connectivity index (χ0n) is 13.0. The summed E-state index contributed by atoms with van der Waals surface area (Å²) < 4.78 is 5.69. The van der Waals surface area contributed by atoms with Gasteiger partial charge in [-0.25, -0.2) is 0 Å². The van der Waals surface area contributed by atoms with Crippen molar-refractivity contribution in [2.75, 3.05) is 24.6 Å². The highest BCUT2D eigenvalue weighted by Crippen LogP contribution is 2.27. The molecule has 3 rings (SSSR count). The van der Waals surface area contributed by atoms with Gasteiger partial charge >= 0.3 is 0 Å². The van der Waals surface area contributed by atoms with Gasteiger partial charge in [-0.05, 0) is 42.2 Å². The van der Waals surface area contributed by atoms with E-state index in [4.69, 9.17) is 4.74 Å². The molecule has 2 aromatic carbocycles. The van der Waals surface area contributed by atoms with Crippen LogP contribution in [0, 0.1) is 0 Å². The van der Waals surface area contributed by atoms with Gasteiger partial charge in [-0.1, -0.05) is 37.3 Å². The lowest BCUT2D eigenvalue weighted by molar-refractivity contribution is 0.112. The van der Waals surface area contributed by atoms with Crippen LogP contribution < -0.4 is 9.64 Å². The first-order valence-corrected chi connectivity index (χ1v) is 7.99. The Morgan fingerprint density at radius 1 is 1.14 bits per heavy atom. The van der Waals surface area contributed by atoms with Crippen molar-refractivity contribution in [3.05, 3.63) is 59.7 Å². The molecule has 0 bridgehead atoms. The first-order valence-electron chi connectivity index (χ1n) is 7.99. The second-order valence-electron chi connectivity index (χ2n) is 5.79. The summed E-state index contributed by atoms with van der Waals surface area (Å²) in [6.07, 6.45) is 1.59. The normalized spacial score (nSPS) is 14.7. The van der Waals surface area contributed by atoms with E-state index in [0.29, 0.717) is 13.2 Å². The molecule has 0 aliphatic carbocycles. The third kappa shape index (κ3) is 3.42. The Hall–Kier alpha value is -2.00. The number of para-hydroxylation sites is 1. The number of hydrogen-bond donors (Lipinski definition) is 1. The first kappa shape index (κ1) is 14.9. The molecule has 0 spiro atoms. The molecule has 1 heterocycles. The number of aliphatic hydroxyl groups excluding tert-OH is 1. The molecule has 0 fully saturated rings. The van der Waals surface area contributed by atoms with E-state index in [0.717, 1.165) is 25.1 Å². The van der Waals surface area contributed by atoms with Gasteiger partial charge in [0.1, 0.15) is 18.5 Å². The number of ether oxygens (including phenoxy) is 1. The van der Waals surface area contributed by atoms with Crippen LogP contribution in [0.25, 0.3) is 0 Å². The van der Waals surface area contributed by atoms with Crippen molar-refractivity contribution in [1.29, 1.82) is 0 Å². The summed E-state index contributed by atoms with van der Waals surface area (Å²) >= 11 is 0. The Morgan fingerprint density at radius 3 is 2.68 bits per heavy atom. The van der Waals surface area contributed by atoms with Crippen molar-refractivity contribution < 1.29 is 9.84 Å². The molecular formula is C19H23NO2. The van der Waals surface area contributed by atoms with Crippen LogP contribution in [-0.4, -0.2) is 30.9 Å². The van der Waals surface area contributed by atoms with Crippen molar-refractivity contribution in [3.63, 3.8) is 0 Å². The zero-order chi connectivity index (χ0) is 15.4. The first-order chi connectivity index (χ1) is 10.8. The van der Waals surface area contributed by atoms with Crippen molar-refractivity contribution in [2.45, 2.75) is 25.9 Å². The minimum absolute atomic E-state index is 0.324. The fraction of sp³-hybridized carbons (Fsp3) is 0.368. The third-order valence-electron chi connectivity index (χ3n) is 4.19. The average Bonchev–Trinajstić information content (AvgIpc) is 2.97. The van der Waals surface area contributed by atoms with Crippen LogP contribution in [0.15, 0.2) is 48.5 Å². The fourth-order valence-corrected chi connectivity index (χ4v) is 2.92. The molecule has 0 radical (unpaired) electrons. The lowest BCUT2D eigenvalue weighted by Gasteiger charge is -2.23. The molecule has 116 valence electrons. The van der Waals surface area contributed by atoms with Crippen molar-refractivity contribution in [3.8, 4) is 5.75 Å². The van der Waals surface area contributed by atoms with Gasteiger partial charge in [-0.2, -0.15) is 0 Å². The summed E-state index contributed by atoms with van der Waals surface area (Å²) in [4.78, 5) is 2.24. The summed E-state index contributed by atoms with van der Waals surface area (Å²) in [5.74, 6) is 0.818. The number of hydrogen-bond acceptors (Lipinski definition) is 3. The van der Waals surface area contributed by atoms with Crippen molar-refractivity contribution in [2.24, 2.45) is 0 Å². The number of rotatable bonds is 6. The standard InChI is InChI=1S/C19H23NO2/c1-2-15-7-9-18(10-8-15)22-14-17(21)13-20-12-11-16-5-3-4-6-19(16)20/h3-10,17,21H,2,11-14H2,1H3. The highest BCUT2D eigenvalue weighted by Gasteiger charge is 2.20. The van der Waals surface area contributed by atoms with Crippen LogP contribution >= 0.6 is 0 Å². The van der Waals surface area contributed by atoms with E-state index < -0.39 is 6.10 Å². The Labute approximate surface area is 132 Å². The Kier molecular flexibility index (Phi) is 4.64. The molecule has 1 aliphatic rings. The summed E-state index contributed by atoms with van der Waals surface area (Å²) in [5.41, 5.74) is 3.90. The largest absolute Gasteiger partial charge is 0.491 e. The SMILES string of the molecule is CCc1ccc(OCC(O)CN2CCc3ccccc32)cc1. The van der Waals surface area contributed by atoms with Gasteiger partial charge in [0, 0.05) is 18.8 Å².